The average Bonchev–Trinajstić information content (AvgIpc) is 2.39. The third-order valence-electron chi connectivity index (χ3n) is 3.44. The van der Waals surface area contributed by atoms with E-state index < -0.39 is 15.1 Å². The van der Waals surface area contributed by atoms with E-state index in [4.69, 9.17) is 11.6 Å². The van der Waals surface area contributed by atoms with E-state index in [1.54, 1.807) is 18.2 Å². The Labute approximate surface area is 127 Å². The van der Waals surface area contributed by atoms with E-state index in [2.05, 4.69) is 12.2 Å². The van der Waals surface area contributed by atoms with Gasteiger partial charge in [-0.05, 0) is 37.6 Å². The van der Waals surface area contributed by atoms with Gasteiger partial charge in [-0.3, -0.25) is 0 Å². The third kappa shape index (κ3) is 4.21. The van der Waals surface area contributed by atoms with Crippen molar-refractivity contribution in [3.63, 3.8) is 0 Å². The predicted molar refractivity (Wildman–Crippen MR) is 85.1 cm³/mol. The van der Waals surface area contributed by atoms with Crippen molar-refractivity contribution in [2.45, 2.75) is 56.2 Å². The van der Waals surface area contributed by atoms with Crippen molar-refractivity contribution in [1.82, 2.24) is 5.32 Å². The van der Waals surface area contributed by atoms with Crippen LogP contribution >= 0.6 is 11.6 Å². The summed E-state index contributed by atoms with van der Waals surface area (Å²) in [5, 5.41) is 3.35. The van der Waals surface area contributed by atoms with Crippen LogP contribution in [-0.4, -0.2) is 26.3 Å². The van der Waals surface area contributed by atoms with Gasteiger partial charge in [-0.25, -0.2) is 8.42 Å². The number of benzene rings is 1. The van der Waals surface area contributed by atoms with Gasteiger partial charge in [-0.1, -0.05) is 44.9 Å². The summed E-state index contributed by atoms with van der Waals surface area (Å²) in [6.07, 6.45) is 2.40. The molecule has 0 saturated heterocycles. The van der Waals surface area contributed by atoms with E-state index >= 15 is 0 Å². The third-order valence-corrected chi connectivity index (χ3v) is 6.05. The largest absolute Gasteiger partial charge is 0.313 e. The molecule has 1 N–H and O–H groups in total. The second-order valence-electron chi connectivity index (χ2n) is 4.90. The fraction of sp³-hybridized carbons (Fsp3) is 0.600. The first-order valence-corrected chi connectivity index (χ1v) is 9.12. The Hall–Kier alpha value is -0.580. The molecule has 1 rings (SSSR count). The lowest BCUT2D eigenvalue weighted by molar-refractivity contribution is 0.445. The van der Waals surface area contributed by atoms with Crippen LogP contribution in [0.4, 0.5) is 0 Å². The van der Waals surface area contributed by atoms with Crippen molar-refractivity contribution in [2.24, 2.45) is 0 Å². The molecule has 0 bridgehead atoms. The molecule has 0 aliphatic heterocycles. The fourth-order valence-corrected chi connectivity index (χ4v) is 4.80. The maximum atomic E-state index is 12.8. The number of halogens is 1. The summed E-state index contributed by atoms with van der Waals surface area (Å²) >= 11 is 5.92. The monoisotopic (exact) mass is 317 g/mol. The van der Waals surface area contributed by atoms with Crippen molar-refractivity contribution in [3.05, 3.63) is 29.3 Å². The van der Waals surface area contributed by atoms with E-state index in [-0.39, 0.29) is 6.04 Å². The molecule has 3 nitrogen and oxygen atoms in total. The smallest absolute Gasteiger partial charge is 0.182 e. The van der Waals surface area contributed by atoms with Gasteiger partial charge < -0.3 is 5.32 Å². The van der Waals surface area contributed by atoms with Crippen LogP contribution in [0.2, 0.25) is 5.02 Å². The highest BCUT2D eigenvalue weighted by Crippen LogP contribution is 2.25. The quantitative estimate of drug-likeness (QED) is 0.795. The average molecular weight is 318 g/mol. The fourth-order valence-electron chi connectivity index (χ4n) is 2.53. The van der Waals surface area contributed by atoms with Crippen LogP contribution in [0.3, 0.4) is 0 Å². The van der Waals surface area contributed by atoms with Gasteiger partial charge in [0.15, 0.2) is 9.84 Å². The van der Waals surface area contributed by atoms with Crippen LogP contribution in [-0.2, 0) is 9.84 Å². The van der Waals surface area contributed by atoms with Crippen molar-refractivity contribution in [3.8, 4) is 0 Å². The summed E-state index contributed by atoms with van der Waals surface area (Å²) in [6.45, 7) is 6.77. The standard InChI is InChI=1S/C15H24ClNO2S/c1-4-8-14(17-6-3)15(5-2)20(18,19)13-10-7-9-12(16)11-13/h7,9-11,14-15,17H,4-6,8H2,1-3H3. The van der Waals surface area contributed by atoms with E-state index in [9.17, 15) is 8.42 Å². The van der Waals surface area contributed by atoms with Crippen molar-refractivity contribution in [1.29, 1.82) is 0 Å². The highest BCUT2D eigenvalue weighted by molar-refractivity contribution is 7.92. The second kappa shape index (κ2) is 8.01. The molecule has 0 heterocycles. The Kier molecular flexibility index (Phi) is 7.00. The molecular formula is C15H24ClNO2S. The van der Waals surface area contributed by atoms with Gasteiger partial charge in [-0.15, -0.1) is 0 Å². The molecular weight excluding hydrogens is 294 g/mol. The summed E-state index contributed by atoms with van der Waals surface area (Å²) in [4.78, 5) is 0.316. The molecule has 1 aromatic rings. The Morgan fingerprint density at radius 2 is 1.95 bits per heavy atom. The molecule has 114 valence electrons. The molecule has 2 unspecified atom stereocenters. The molecule has 0 fully saturated rings. The zero-order chi connectivity index (χ0) is 15.2. The topological polar surface area (TPSA) is 46.2 Å². The van der Waals surface area contributed by atoms with Gasteiger partial charge in [0.1, 0.15) is 0 Å². The molecule has 0 saturated carbocycles. The zero-order valence-electron chi connectivity index (χ0n) is 12.4. The second-order valence-corrected chi connectivity index (χ2v) is 7.51. The van der Waals surface area contributed by atoms with Crippen LogP contribution < -0.4 is 5.32 Å². The Morgan fingerprint density at radius 1 is 1.25 bits per heavy atom. The normalized spacial score (nSPS) is 15.0. The van der Waals surface area contributed by atoms with E-state index in [1.807, 2.05) is 13.8 Å². The summed E-state index contributed by atoms with van der Waals surface area (Å²) < 4.78 is 25.6. The summed E-state index contributed by atoms with van der Waals surface area (Å²) in [5.74, 6) is 0. The van der Waals surface area contributed by atoms with Crippen molar-refractivity contribution < 1.29 is 8.42 Å². The first-order valence-electron chi connectivity index (χ1n) is 7.20. The molecule has 0 amide bonds. The Bertz CT molecular complexity index is 510. The minimum absolute atomic E-state index is 0.0148. The van der Waals surface area contributed by atoms with Gasteiger partial charge >= 0.3 is 0 Å². The first-order chi connectivity index (χ1) is 9.47. The van der Waals surface area contributed by atoms with E-state index in [0.717, 1.165) is 19.4 Å². The summed E-state index contributed by atoms with van der Waals surface area (Å²) in [6, 6.07) is 6.52. The SMILES string of the molecule is CCCC(NCC)C(CC)S(=O)(=O)c1cccc(Cl)c1. The first kappa shape index (κ1) is 17.5. The molecule has 0 aromatic heterocycles. The lowest BCUT2D eigenvalue weighted by Gasteiger charge is -2.26. The van der Waals surface area contributed by atoms with Crippen LogP contribution in [0.15, 0.2) is 29.2 Å². The van der Waals surface area contributed by atoms with Gasteiger partial charge in [0.2, 0.25) is 0 Å². The summed E-state index contributed by atoms with van der Waals surface area (Å²) in [7, 11) is -3.36. The predicted octanol–water partition coefficient (Wildman–Crippen LogP) is 3.67. The molecule has 1 aromatic carbocycles. The number of sulfone groups is 1. The molecule has 0 radical (unpaired) electrons. The molecule has 20 heavy (non-hydrogen) atoms. The zero-order valence-corrected chi connectivity index (χ0v) is 14.0. The number of hydrogen-bond donors (Lipinski definition) is 1. The molecule has 0 spiro atoms. The molecule has 0 aliphatic rings. The maximum Gasteiger partial charge on any atom is 0.182 e. The van der Waals surface area contributed by atoms with Crippen molar-refractivity contribution >= 4 is 21.4 Å². The van der Waals surface area contributed by atoms with Gasteiger partial charge in [0, 0.05) is 11.1 Å². The lowest BCUT2D eigenvalue weighted by atomic mass is 10.1. The maximum absolute atomic E-state index is 12.8. The van der Waals surface area contributed by atoms with Crippen molar-refractivity contribution in [2.75, 3.05) is 6.54 Å². The minimum Gasteiger partial charge on any atom is -0.313 e. The Balaban J connectivity index is 3.13. The van der Waals surface area contributed by atoms with Gasteiger partial charge in [0.05, 0.1) is 10.1 Å². The van der Waals surface area contributed by atoms with Gasteiger partial charge in [-0.2, -0.15) is 0 Å². The molecule has 5 heteroatoms. The van der Waals surface area contributed by atoms with E-state index in [0.29, 0.717) is 16.3 Å². The van der Waals surface area contributed by atoms with Crippen LogP contribution in [0, 0.1) is 0 Å². The highest BCUT2D eigenvalue weighted by atomic mass is 35.5. The number of nitrogens with one attached hydrogen (secondary N) is 1. The molecule has 2 atom stereocenters. The van der Waals surface area contributed by atoms with Crippen LogP contribution in [0.5, 0.6) is 0 Å². The van der Waals surface area contributed by atoms with Gasteiger partial charge in [0.25, 0.3) is 0 Å². The molecule has 0 aliphatic carbocycles. The van der Waals surface area contributed by atoms with Crippen LogP contribution in [0.25, 0.3) is 0 Å². The van der Waals surface area contributed by atoms with Crippen LogP contribution in [0.1, 0.15) is 40.0 Å². The van der Waals surface area contributed by atoms with E-state index in [1.165, 1.54) is 6.07 Å². The number of rotatable bonds is 8. The number of hydrogen-bond acceptors (Lipinski definition) is 3. The summed E-state index contributed by atoms with van der Waals surface area (Å²) in [5.41, 5.74) is 0. The minimum atomic E-state index is -3.36. The highest BCUT2D eigenvalue weighted by Gasteiger charge is 2.32. The lowest BCUT2D eigenvalue weighted by Crippen LogP contribution is -2.43. The Morgan fingerprint density at radius 3 is 2.45 bits per heavy atom.